The second kappa shape index (κ2) is 9.47. The van der Waals surface area contributed by atoms with Crippen LogP contribution in [0.15, 0.2) is 42.0 Å². The van der Waals surface area contributed by atoms with E-state index in [1.165, 1.54) is 40.1 Å². The largest absolute Gasteiger partial charge is 0.378 e. The average Bonchev–Trinajstić information content (AvgIpc) is 2.74. The van der Waals surface area contributed by atoms with Crippen LogP contribution in [0.4, 0.5) is 5.69 Å². The van der Waals surface area contributed by atoms with Gasteiger partial charge in [0.25, 0.3) is 0 Å². The summed E-state index contributed by atoms with van der Waals surface area (Å²) in [5.74, 6) is 0.587. The Kier molecular flexibility index (Phi) is 7.01. The van der Waals surface area contributed by atoms with Crippen LogP contribution < -0.4 is 4.90 Å². The molecule has 0 N–H and O–H groups in total. The number of nitrogens with zero attached hydrogens (tertiary/aromatic N) is 2. The maximum atomic E-state index is 5.58. The lowest BCUT2D eigenvalue weighted by molar-refractivity contribution is 0.0638. The number of fused-ring (bicyclic) bond motifs is 1. The SMILES string of the molecule is CC/C=C\C(=C(/C)C(C)CC)c1ccc2c(c1)C(N1CCOCC1)=CCN2C. The van der Waals surface area contributed by atoms with Gasteiger partial charge in [-0.1, -0.05) is 44.6 Å². The number of hydrogen-bond acceptors (Lipinski definition) is 3. The van der Waals surface area contributed by atoms with E-state index in [1.807, 2.05) is 0 Å². The molecule has 1 aromatic carbocycles. The van der Waals surface area contributed by atoms with E-state index in [2.05, 4.69) is 81.0 Å². The molecule has 0 aliphatic carbocycles. The van der Waals surface area contributed by atoms with Crippen LogP contribution in [0.5, 0.6) is 0 Å². The normalized spacial score (nSPS) is 19.4. The monoisotopic (exact) mass is 380 g/mol. The number of hydrogen-bond donors (Lipinski definition) is 0. The fourth-order valence-electron chi connectivity index (χ4n) is 4.04. The van der Waals surface area contributed by atoms with E-state index in [1.54, 1.807) is 0 Å². The molecule has 28 heavy (non-hydrogen) atoms. The molecular weight excluding hydrogens is 344 g/mol. The van der Waals surface area contributed by atoms with Crippen LogP contribution in [0, 0.1) is 5.92 Å². The van der Waals surface area contributed by atoms with Gasteiger partial charge in [0.15, 0.2) is 0 Å². The first-order chi connectivity index (χ1) is 13.6. The molecule has 2 aliphatic heterocycles. The predicted molar refractivity (Wildman–Crippen MR) is 122 cm³/mol. The number of anilines is 1. The zero-order chi connectivity index (χ0) is 20.1. The van der Waals surface area contributed by atoms with Crippen molar-refractivity contribution in [1.29, 1.82) is 0 Å². The topological polar surface area (TPSA) is 15.7 Å². The number of ether oxygens (including phenoxy) is 1. The fraction of sp³-hybridized carbons (Fsp3) is 0.520. The van der Waals surface area contributed by atoms with Crippen LogP contribution in [0.25, 0.3) is 11.3 Å². The highest BCUT2D eigenvalue weighted by atomic mass is 16.5. The van der Waals surface area contributed by atoms with Gasteiger partial charge in [-0.3, -0.25) is 0 Å². The lowest BCUT2D eigenvalue weighted by Gasteiger charge is -2.36. The Balaban J connectivity index is 2.06. The van der Waals surface area contributed by atoms with E-state index in [-0.39, 0.29) is 0 Å². The molecule has 1 saturated heterocycles. The molecule has 0 saturated carbocycles. The molecule has 0 aromatic heterocycles. The van der Waals surface area contributed by atoms with E-state index in [0.29, 0.717) is 5.92 Å². The van der Waals surface area contributed by atoms with Gasteiger partial charge < -0.3 is 14.5 Å². The molecule has 3 heteroatoms. The predicted octanol–water partition coefficient (Wildman–Crippen LogP) is 5.60. The Labute approximate surface area is 171 Å². The van der Waals surface area contributed by atoms with Crippen molar-refractivity contribution in [2.24, 2.45) is 5.92 Å². The summed E-state index contributed by atoms with van der Waals surface area (Å²) in [6.45, 7) is 13.7. The highest BCUT2D eigenvalue weighted by Crippen LogP contribution is 2.37. The minimum Gasteiger partial charge on any atom is -0.378 e. The highest BCUT2D eigenvalue weighted by molar-refractivity contribution is 5.85. The Morgan fingerprint density at radius 3 is 2.64 bits per heavy atom. The Morgan fingerprint density at radius 2 is 1.96 bits per heavy atom. The van der Waals surface area contributed by atoms with Crippen molar-refractivity contribution < 1.29 is 4.74 Å². The zero-order valence-corrected chi connectivity index (χ0v) is 18.3. The molecule has 1 unspecified atom stereocenters. The molecule has 152 valence electrons. The first-order valence-corrected chi connectivity index (χ1v) is 10.8. The van der Waals surface area contributed by atoms with Crippen molar-refractivity contribution >= 4 is 17.0 Å². The summed E-state index contributed by atoms with van der Waals surface area (Å²) in [4.78, 5) is 4.84. The number of morpholine rings is 1. The Bertz CT molecular complexity index is 769. The summed E-state index contributed by atoms with van der Waals surface area (Å²) < 4.78 is 5.58. The van der Waals surface area contributed by atoms with E-state index in [9.17, 15) is 0 Å². The third-order valence-corrected chi connectivity index (χ3v) is 6.20. The average molecular weight is 381 g/mol. The lowest BCUT2D eigenvalue weighted by atomic mass is 9.89. The second-order valence-electron chi connectivity index (χ2n) is 8.02. The van der Waals surface area contributed by atoms with Gasteiger partial charge in [-0.2, -0.15) is 0 Å². The zero-order valence-electron chi connectivity index (χ0n) is 18.3. The third-order valence-electron chi connectivity index (χ3n) is 6.20. The first-order valence-electron chi connectivity index (χ1n) is 10.8. The molecule has 2 aliphatic rings. The van der Waals surface area contributed by atoms with Crippen LogP contribution in [-0.2, 0) is 4.74 Å². The Morgan fingerprint density at radius 1 is 1.21 bits per heavy atom. The number of likely N-dealkylation sites (N-methyl/N-ethyl adjacent to an activating group) is 1. The van der Waals surface area contributed by atoms with Gasteiger partial charge in [0.1, 0.15) is 0 Å². The van der Waals surface area contributed by atoms with Crippen molar-refractivity contribution in [3.63, 3.8) is 0 Å². The summed E-state index contributed by atoms with van der Waals surface area (Å²) in [5.41, 5.74) is 8.25. The first kappa shape index (κ1) is 20.7. The molecule has 0 radical (unpaired) electrons. The van der Waals surface area contributed by atoms with Gasteiger partial charge in [0, 0.05) is 43.6 Å². The van der Waals surface area contributed by atoms with Gasteiger partial charge in [-0.25, -0.2) is 0 Å². The molecule has 1 atom stereocenters. The number of rotatable bonds is 6. The van der Waals surface area contributed by atoms with Crippen molar-refractivity contribution in [3.05, 3.63) is 53.1 Å². The molecule has 0 bridgehead atoms. The lowest BCUT2D eigenvalue weighted by Crippen LogP contribution is -2.37. The molecule has 0 spiro atoms. The fourth-order valence-corrected chi connectivity index (χ4v) is 4.04. The van der Waals surface area contributed by atoms with Gasteiger partial charge in [0.2, 0.25) is 0 Å². The van der Waals surface area contributed by atoms with Crippen LogP contribution >= 0.6 is 0 Å². The summed E-state index contributed by atoms with van der Waals surface area (Å²) in [6.07, 6.45) is 9.22. The molecule has 2 heterocycles. The molecule has 3 rings (SSSR count). The number of benzene rings is 1. The Hall–Kier alpha value is -2.00. The van der Waals surface area contributed by atoms with Gasteiger partial charge in [0.05, 0.1) is 13.2 Å². The van der Waals surface area contributed by atoms with Crippen LogP contribution in [0.2, 0.25) is 0 Å². The van der Waals surface area contributed by atoms with Crippen molar-refractivity contribution in [3.8, 4) is 0 Å². The van der Waals surface area contributed by atoms with E-state index >= 15 is 0 Å². The number of allylic oxidation sites excluding steroid dienone is 4. The van der Waals surface area contributed by atoms with Gasteiger partial charge in [-0.15, -0.1) is 0 Å². The van der Waals surface area contributed by atoms with Crippen LogP contribution in [0.1, 0.15) is 51.7 Å². The smallest absolute Gasteiger partial charge is 0.0642 e. The van der Waals surface area contributed by atoms with Gasteiger partial charge in [-0.05, 0) is 55.0 Å². The van der Waals surface area contributed by atoms with Crippen LogP contribution in [0.3, 0.4) is 0 Å². The molecule has 1 fully saturated rings. The maximum absolute atomic E-state index is 5.58. The summed E-state index contributed by atoms with van der Waals surface area (Å²) in [6, 6.07) is 7.02. The molecule has 0 amide bonds. The van der Waals surface area contributed by atoms with Crippen molar-refractivity contribution in [2.45, 2.75) is 40.5 Å². The summed E-state index contributed by atoms with van der Waals surface area (Å²) in [5, 5.41) is 0. The van der Waals surface area contributed by atoms with Crippen LogP contribution in [-0.4, -0.2) is 44.8 Å². The van der Waals surface area contributed by atoms with E-state index in [4.69, 9.17) is 4.74 Å². The summed E-state index contributed by atoms with van der Waals surface area (Å²) in [7, 11) is 2.18. The maximum Gasteiger partial charge on any atom is 0.0642 e. The van der Waals surface area contributed by atoms with Crippen molar-refractivity contribution in [2.75, 3.05) is 44.8 Å². The van der Waals surface area contributed by atoms with Gasteiger partial charge >= 0.3 is 0 Å². The summed E-state index contributed by atoms with van der Waals surface area (Å²) >= 11 is 0. The standard InChI is InChI=1S/C25H36N2O/c1-6-8-9-22(20(4)19(3)7-2)21-10-11-24-23(18-21)25(12-13-26(24)5)27-14-16-28-17-15-27/h8-12,18-19H,6-7,13-17H2,1-5H3/b9-8-,22-20-. The molecular formula is C25H36N2O. The molecule has 1 aromatic rings. The third kappa shape index (κ3) is 4.35. The second-order valence-corrected chi connectivity index (χ2v) is 8.02. The van der Waals surface area contributed by atoms with E-state index in [0.717, 1.165) is 39.3 Å². The minimum absolute atomic E-state index is 0.587. The molecule has 3 nitrogen and oxygen atoms in total. The quantitative estimate of drug-likeness (QED) is 0.598. The van der Waals surface area contributed by atoms with Crippen molar-refractivity contribution in [1.82, 2.24) is 4.90 Å². The highest BCUT2D eigenvalue weighted by Gasteiger charge is 2.23. The van der Waals surface area contributed by atoms with E-state index < -0.39 is 0 Å². The minimum atomic E-state index is 0.587.